The molecule has 1 fully saturated rings. The smallest absolute Gasteiger partial charge is 0.0653 e. The highest BCUT2D eigenvalue weighted by atomic mass is 35.5. The Morgan fingerprint density at radius 1 is 1.00 bits per heavy atom. The Labute approximate surface area is 110 Å². The third kappa shape index (κ3) is 2.95. The van der Waals surface area contributed by atoms with E-state index in [9.17, 15) is 0 Å². The molecule has 1 N–H and O–H groups in total. The summed E-state index contributed by atoms with van der Waals surface area (Å²) >= 11 is 17.9. The van der Waals surface area contributed by atoms with E-state index in [1.54, 1.807) is 12.1 Å². The Morgan fingerprint density at radius 2 is 1.62 bits per heavy atom. The van der Waals surface area contributed by atoms with Gasteiger partial charge in [-0.2, -0.15) is 0 Å². The summed E-state index contributed by atoms with van der Waals surface area (Å²) in [7, 11) is 0. The van der Waals surface area contributed by atoms with Crippen LogP contribution in [0.2, 0.25) is 15.1 Å². The van der Waals surface area contributed by atoms with Gasteiger partial charge in [0.2, 0.25) is 0 Å². The molecule has 0 aromatic heterocycles. The van der Waals surface area contributed by atoms with Crippen LogP contribution in [0.3, 0.4) is 0 Å². The first kappa shape index (κ1) is 12.3. The van der Waals surface area contributed by atoms with Crippen molar-refractivity contribution < 1.29 is 4.74 Å². The Bertz CT molecular complexity index is 378. The summed E-state index contributed by atoms with van der Waals surface area (Å²) in [6.45, 7) is 1.58. The molecule has 0 saturated carbocycles. The highest BCUT2D eigenvalue weighted by Crippen LogP contribution is 2.33. The summed E-state index contributed by atoms with van der Waals surface area (Å²) in [5.74, 6) is 0. The zero-order chi connectivity index (χ0) is 11.5. The standard InChI is InChI=1S/C11H12Cl3NO/c12-8-5-10(14)11(6-9(8)13)15-7-1-3-16-4-2-7/h5-7,15H,1-4H2. The van der Waals surface area contributed by atoms with Gasteiger partial charge in [0.05, 0.1) is 20.8 Å². The van der Waals surface area contributed by atoms with Crippen molar-refractivity contribution in [3.63, 3.8) is 0 Å². The quantitative estimate of drug-likeness (QED) is 0.818. The van der Waals surface area contributed by atoms with Gasteiger partial charge in [0.15, 0.2) is 0 Å². The molecule has 1 aliphatic heterocycles. The van der Waals surface area contributed by atoms with Gasteiger partial charge in [0.1, 0.15) is 0 Å². The van der Waals surface area contributed by atoms with Crippen molar-refractivity contribution in [1.82, 2.24) is 0 Å². The lowest BCUT2D eigenvalue weighted by molar-refractivity contribution is 0.0904. The second kappa shape index (κ2) is 5.46. The molecule has 1 saturated heterocycles. The third-order valence-corrected chi connectivity index (χ3v) is 3.63. The molecule has 1 aromatic carbocycles. The molecule has 0 bridgehead atoms. The third-order valence-electron chi connectivity index (χ3n) is 2.59. The van der Waals surface area contributed by atoms with Crippen molar-refractivity contribution in [2.45, 2.75) is 18.9 Å². The van der Waals surface area contributed by atoms with Crippen LogP contribution in [0.4, 0.5) is 5.69 Å². The van der Waals surface area contributed by atoms with Gasteiger partial charge in [-0.05, 0) is 25.0 Å². The van der Waals surface area contributed by atoms with Gasteiger partial charge in [-0.15, -0.1) is 0 Å². The van der Waals surface area contributed by atoms with Crippen LogP contribution in [0.25, 0.3) is 0 Å². The van der Waals surface area contributed by atoms with Gasteiger partial charge < -0.3 is 10.1 Å². The molecule has 2 nitrogen and oxygen atoms in total. The second-order valence-corrected chi connectivity index (χ2v) is 5.00. The number of halogens is 3. The summed E-state index contributed by atoms with van der Waals surface area (Å²) in [4.78, 5) is 0. The van der Waals surface area contributed by atoms with E-state index in [4.69, 9.17) is 39.5 Å². The van der Waals surface area contributed by atoms with E-state index in [-0.39, 0.29) is 0 Å². The van der Waals surface area contributed by atoms with E-state index in [1.165, 1.54) is 0 Å². The van der Waals surface area contributed by atoms with Gasteiger partial charge in [-0.1, -0.05) is 34.8 Å². The summed E-state index contributed by atoms with van der Waals surface area (Å²) in [5, 5.41) is 4.95. The summed E-state index contributed by atoms with van der Waals surface area (Å²) in [5.41, 5.74) is 0.836. The lowest BCUT2D eigenvalue weighted by Gasteiger charge is -2.24. The first-order valence-electron chi connectivity index (χ1n) is 5.15. The Balaban J connectivity index is 2.11. The van der Waals surface area contributed by atoms with Crippen molar-refractivity contribution in [1.29, 1.82) is 0 Å². The minimum absolute atomic E-state index is 0.392. The molecule has 1 aliphatic rings. The molecule has 2 rings (SSSR count). The molecule has 0 aliphatic carbocycles. The maximum Gasteiger partial charge on any atom is 0.0653 e. The average Bonchev–Trinajstić information content (AvgIpc) is 2.27. The number of rotatable bonds is 2. The molecular formula is C11H12Cl3NO. The molecule has 0 atom stereocenters. The lowest BCUT2D eigenvalue weighted by Crippen LogP contribution is -2.27. The van der Waals surface area contributed by atoms with Crippen LogP contribution < -0.4 is 5.32 Å². The molecule has 0 radical (unpaired) electrons. The maximum absolute atomic E-state index is 6.08. The van der Waals surface area contributed by atoms with Crippen molar-refractivity contribution in [3.8, 4) is 0 Å². The SMILES string of the molecule is Clc1cc(Cl)c(NC2CCOCC2)cc1Cl. The normalized spacial score (nSPS) is 17.4. The van der Waals surface area contributed by atoms with E-state index in [0.717, 1.165) is 31.7 Å². The zero-order valence-corrected chi connectivity index (χ0v) is 10.9. The van der Waals surface area contributed by atoms with Crippen LogP contribution in [-0.2, 0) is 4.74 Å². The average molecular weight is 281 g/mol. The molecule has 88 valence electrons. The van der Waals surface area contributed by atoms with Crippen LogP contribution >= 0.6 is 34.8 Å². The van der Waals surface area contributed by atoms with Crippen molar-refractivity contribution >= 4 is 40.5 Å². The van der Waals surface area contributed by atoms with Gasteiger partial charge >= 0.3 is 0 Å². The molecule has 0 spiro atoms. The fourth-order valence-corrected chi connectivity index (χ4v) is 2.30. The topological polar surface area (TPSA) is 21.3 Å². The highest BCUT2D eigenvalue weighted by Gasteiger charge is 2.15. The molecule has 1 heterocycles. The number of hydrogen-bond acceptors (Lipinski definition) is 2. The Morgan fingerprint density at radius 3 is 2.31 bits per heavy atom. The Kier molecular flexibility index (Phi) is 4.20. The number of benzene rings is 1. The van der Waals surface area contributed by atoms with Gasteiger partial charge in [0.25, 0.3) is 0 Å². The summed E-state index contributed by atoms with van der Waals surface area (Å²) in [6.07, 6.45) is 1.97. The molecule has 1 aromatic rings. The molecule has 0 amide bonds. The monoisotopic (exact) mass is 279 g/mol. The van der Waals surface area contributed by atoms with E-state index in [0.29, 0.717) is 21.1 Å². The summed E-state index contributed by atoms with van der Waals surface area (Å²) in [6, 6.07) is 3.82. The molecule has 5 heteroatoms. The minimum atomic E-state index is 0.392. The van der Waals surface area contributed by atoms with E-state index < -0.39 is 0 Å². The Hall–Kier alpha value is -0.150. The van der Waals surface area contributed by atoms with Gasteiger partial charge in [0, 0.05) is 19.3 Å². The second-order valence-electron chi connectivity index (χ2n) is 3.78. The fraction of sp³-hybridized carbons (Fsp3) is 0.455. The lowest BCUT2D eigenvalue weighted by atomic mass is 10.1. The van der Waals surface area contributed by atoms with Crippen molar-refractivity contribution in [2.75, 3.05) is 18.5 Å². The number of anilines is 1. The van der Waals surface area contributed by atoms with Crippen LogP contribution in [0.1, 0.15) is 12.8 Å². The molecular weight excluding hydrogens is 268 g/mol. The molecule has 16 heavy (non-hydrogen) atoms. The number of ether oxygens (including phenoxy) is 1. The maximum atomic E-state index is 6.08. The predicted molar refractivity (Wildman–Crippen MR) is 68.9 cm³/mol. The van der Waals surface area contributed by atoms with Gasteiger partial charge in [-0.25, -0.2) is 0 Å². The fourth-order valence-electron chi connectivity index (χ4n) is 1.70. The van der Waals surface area contributed by atoms with E-state index in [1.807, 2.05) is 0 Å². The van der Waals surface area contributed by atoms with Gasteiger partial charge in [-0.3, -0.25) is 0 Å². The van der Waals surface area contributed by atoms with Crippen molar-refractivity contribution in [2.24, 2.45) is 0 Å². The number of hydrogen-bond donors (Lipinski definition) is 1. The van der Waals surface area contributed by atoms with E-state index >= 15 is 0 Å². The highest BCUT2D eigenvalue weighted by molar-refractivity contribution is 6.44. The van der Waals surface area contributed by atoms with Crippen molar-refractivity contribution in [3.05, 3.63) is 27.2 Å². The zero-order valence-electron chi connectivity index (χ0n) is 8.60. The first-order chi connectivity index (χ1) is 7.66. The van der Waals surface area contributed by atoms with Crippen LogP contribution in [0, 0.1) is 0 Å². The minimum Gasteiger partial charge on any atom is -0.381 e. The number of nitrogens with one attached hydrogen (secondary N) is 1. The largest absolute Gasteiger partial charge is 0.381 e. The first-order valence-corrected chi connectivity index (χ1v) is 6.29. The summed E-state index contributed by atoms with van der Waals surface area (Å²) < 4.78 is 5.29. The molecule has 0 unspecified atom stereocenters. The van der Waals surface area contributed by atoms with E-state index in [2.05, 4.69) is 5.32 Å². The predicted octanol–water partition coefficient (Wildman–Crippen LogP) is 4.24. The van der Waals surface area contributed by atoms with Crippen LogP contribution in [-0.4, -0.2) is 19.3 Å². The van der Waals surface area contributed by atoms with Crippen LogP contribution in [0.5, 0.6) is 0 Å². The van der Waals surface area contributed by atoms with Crippen LogP contribution in [0.15, 0.2) is 12.1 Å².